The number of anilines is 1. The van der Waals surface area contributed by atoms with Crippen molar-refractivity contribution >= 4 is 28.2 Å². The van der Waals surface area contributed by atoms with Crippen molar-refractivity contribution in [2.24, 2.45) is 0 Å². The van der Waals surface area contributed by atoms with E-state index in [1.807, 2.05) is 19.2 Å². The number of thioether (sulfide) groups is 1. The van der Waals surface area contributed by atoms with Gasteiger partial charge in [-0.25, -0.2) is 0 Å². The molecule has 1 N–H and O–H groups in total. The lowest BCUT2D eigenvalue weighted by Gasteiger charge is -2.07. The average Bonchev–Trinajstić information content (AvgIpc) is 3.28. The number of hydrogen-bond acceptors (Lipinski definition) is 10. The van der Waals surface area contributed by atoms with Crippen molar-refractivity contribution in [3.63, 3.8) is 0 Å². The van der Waals surface area contributed by atoms with Gasteiger partial charge in [-0.1, -0.05) is 28.3 Å². The highest BCUT2D eigenvalue weighted by Crippen LogP contribution is 2.32. The molecule has 0 atom stereocenters. The van der Waals surface area contributed by atoms with Gasteiger partial charge in [-0.3, -0.25) is 0 Å². The Morgan fingerprint density at radius 3 is 2.75 bits per heavy atom. The number of ether oxygens (including phenoxy) is 2. The zero-order valence-electron chi connectivity index (χ0n) is 13.3. The van der Waals surface area contributed by atoms with Gasteiger partial charge in [-0.2, -0.15) is 4.98 Å². The van der Waals surface area contributed by atoms with Crippen LogP contribution in [0.3, 0.4) is 0 Å². The number of benzene rings is 1. The van der Waals surface area contributed by atoms with Gasteiger partial charge in [0.1, 0.15) is 0 Å². The Labute approximate surface area is 146 Å². The molecule has 0 radical (unpaired) electrons. The van der Waals surface area contributed by atoms with Gasteiger partial charge in [-0.15, -0.1) is 10.2 Å². The molecule has 1 aromatic carbocycles. The van der Waals surface area contributed by atoms with E-state index in [1.54, 1.807) is 20.3 Å². The van der Waals surface area contributed by atoms with Gasteiger partial charge in [0.2, 0.25) is 16.8 Å². The minimum Gasteiger partial charge on any atom is -0.493 e. The fourth-order valence-corrected chi connectivity index (χ4v) is 3.44. The van der Waals surface area contributed by atoms with Crippen molar-refractivity contribution in [2.45, 2.75) is 10.1 Å². The molecule has 0 saturated carbocycles. The summed E-state index contributed by atoms with van der Waals surface area (Å²) in [5.41, 5.74) is 0.793. The first-order valence-electron chi connectivity index (χ1n) is 6.92. The Bertz CT molecular complexity index is 820. The van der Waals surface area contributed by atoms with E-state index in [4.69, 9.17) is 14.0 Å². The van der Waals surface area contributed by atoms with Gasteiger partial charge in [0.25, 0.3) is 0 Å². The molecule has 10 heteroatoms. The van der Waals surface area contributed by atoms with Gasteiger partial charge in [-0.05, 0) is 18.2 Å². The molecule has 24 heavy (non-hydrogen) atoms. The highest BCUT2D eigenvalue weighted by molar-refractivity contribution is 8.00. The second-order valence-electron chi connectivity index (χ2n) is 4.49. The summed E-state index contributed by atoms with van der Waals surface area (Å²) in [6.07, 6.45) is 0. The third kappa shape index (κ3) is 3.60. The van der Waals surface area contributed by atoms with Crippen molar-refractivity contribution in [3.8, 4) is 22.9 Å². The number of nitrogens with zero attached hydrogens (tertiary/aromatic N) is 4. The second kappa shape index (κ2) is 7.49. The van der Waals surface area contributed by atoms with E-state index in [0.29, 0.717) is 29.0 Å². The summed E-state index contributed by atoms with van der Waals surface area (Å²) in [7, 11) is 4.98. The summed E-state index contributed by atoms with van der Waals surface area (Å²) >= 11 is 2.97. The van der Waals surface area contributed by atoms with Crippen LogP contribution in [-0.4, -0.2) is 41.6 Å². The molecule has 8 nitrogen and oxygen atoms in total. The van der Waals surface area contributed by atoms with E-state index in [1.165, 1.54) is 23.1 Å². The number of rotatable bonds is 7. The first kappa shape index (κ1) is 16.5. The fraction of sp³-hybridized carbons (Fsp3) is 0.286. The van der Waals surface area contributed by atoms with Gasteiger partial charge in [0, 0.05) is 12.6 Å². The molecule has 0 amide bonds. The lowest BCUT2D eigenvalue weighted by atomic mass is 10.2. The van der Waals surface area contributed by atoms with Crippen LogP contribution in [-0.2, 0) is 5.75 Å². The Kier molecular flexibility index (Phi) is 5.16. The number of aromatic nitrogens is 4. The maximum atomic E-state index is 5.29. The fourth-order valence-electron chi connectivity index (χ4n) is 1.90. The third-order valence-electron chi connectivity index (χ3n) is 3.05. The highest BCUT2D eigenvalue weighted by atomic mass is 32.2. The Morgan fingerprint density at radius 2 is 2.04 bits per heavy atom. The van der Waals surface area contributed by atoms with E-state index < -0.39 is 0 Å². The van der Waals surface area contributed by atoms with Gasteiger partial charge < -0.3 is 19.3 Å². The Hall–Kier alpha value is -2.33. The summed E-state index contributed by atoms with van der Waals surface area (Å²) in [6.45, 7) is 0. The molecule has 126 valence electrons. The topological polar surface area (TPSA) is 95.2 Å². The Morgan fingerprint density at radius 1 is 1.21 bits per heavy atom. The van der Waals surface area contributed by atoms with Crippen LogP contribution in [0.2, 0.25) is 0 Å². The van der Waals surface area contributed by atoms with Crippen LogP contribution in [0.1, 0.15) is 5.89 Å². The first-order chi connectivity index (χ1) is 11.7. The number of nitrogens with one attached hydrogen (secondary N) is 1. The monoisotopic (exact) mass is 365 g/mol. The van der Waals surface area contributed by atoms with E-state index in [2.05, 4.69) is 25.7 Å². The first-order valence-corrected chi connectivity index (χ1v) is 8.72. The second-order valence-corrected chi connectivity index (χ2v) is 6.69. The molecule has 2 aromatic heterocycles. The molecular weight excluding hydrogens is 350 g/mol. The van der Waals surface area contributed by atoms with Crippen molar-refractivity contribution in [3.05, 3.63) is 24.1 Å². The van der Waals surface area contributed by atoms with Crippen molar-refractivity contribution in [1.82, 2.24) is 20.3 Å². The van der Waals surface area contributed by atoms with Crippen LogP contribution in [0.15, 0.2) is 27.1 Å². The smallest absolute Gasteiger partial charge is 0.237 e. The molecule has 3 rings (SSSR count). The Balaban J connectivity index is 1.71. The van der Waals surface area contributed by atoms with Crippen LogP contribution in [0.4, 0.5) is 5.13 Å². The van der Waals surface area contributed by atoms with Gasteiger partial charge in [0.05, 0.1) is 20.0 Å². The standard InChI is InChI=1S/C14H15N5O3S2/c1-15-13-17-18-14(24-13)23-7-11-16-12(19-22-11)8-4-5-9(20-2)10(6-8)21-3/h4-6H,7H2,1-3H3,(H,15,17). The number of methoxy groups -OCH3 is 2. The van der Waals surface area contributed by atoms with Gasteiger partial charge >= 0.3 is 0 Å². The number of hydrogen-bond donors (Lipinski definition) is 1. The molecule has 0 fully saturated rings. The molecule has 0 unspecified atom stereocenters. The quantitative estimate of drug-likeness (QED) is 0.634. The SMILES string of the molecule is CNc1nnc(SCc2nc(-c3ccc(OC)c(OC)c3)no2)s1. The molecule has 0 bridgehead atoms. The average molecular weight is 365 g/mol. The summed E-state index contributed by atoms with van der Waals surface area (Å²) in [5.74, 6) is 2.81. The van der Waals surface area contributed by atoms with Crippen LogP contribution in [0.25, 0.3) is 11.4 Å². The molecular formula is C14H15N5O3S2. The molecule has 0 aliphatic carbocycles. The van der Waals surface area contributed by atoms with Crippen molar-refractivity contribution in [2.75, 3.05) is 26.6 Å². The summed E-state index contributed by atoms with van der Waals surface area (Å²) in [5, 5.41) is 15.8. The lowest BCUT2D eigenvalue weighted by molar-refractivity contribution is 0.355. The third-order valence-corrected chi connectivity index (χ3v) is 5.11. The van der Waals surface area contributed by atoms with Crippen molar-refractivity contribution in [1.29, 1.82) is 0 Å². The largest absolute Gasteiger partial charge is 0.493 e. The maximum Gasteiger partial charge on any atom is 0.237 e. The van der Waals surface area contributed by atoms with Crippen LogP contribution in [0.5, 0.6) is 11.5 Å². The van der Waals surface area contributed by atoms with Crippen molar-refractivity contribution < 1.29 is 14.0 Å². The zero-order chi connectivity index (χ0) is 16.9. The van der Waals surface area contributed by atoms with E-state index in [9.17, 15) is 0 Å². The van der Waals surface area contributed by atoms with Crippen LogP contribution < -0.4 is 14.8 Å². The van der Waals surface area contributed by atoms with E-state index in [0.717, 1.165) is 15.0 Å². The summed E-state index contributed by atoms with van der Waals surface area (Å²) < 4.78 is 16.6. The predicted molar refractivity (Wildman–Crippen MR) is 91.9 cm³/mol. The highest BCUT2D eigenvalue weighted by Gasteiger charge is 2.13. The zero-order valence-corrected chi connectivity index (χ0v) is 14.9. The minimum atomic E-state index is 0.500. The molecule has 0 saturated heterocycles. The van der Waals surface area contributed by atoms with E-state index >= 15 is 0 Å². The maximum absolute atomic E-state index is 5.29. The molecule has 0 aliphatic rings. The summed E-state index contributed by atoms with van der Waals surface area (Å²) in [6, 6.07) is 5.47. The predicted octanol–water partition coefficient (Wildman–Crippen LogP) is 2.94. The van der Waals surface area contributed by atoms with Gasteiger partial charge in [0.15, 0.2) is 15.8 Å². The minimum absolute atomic E-state index is 0.500. The molecule has 3 aromatic rings. The lowest BCUT2D eigenvalue weighted by Crippen LogP contribution is -1.91. The molecule has 2 heterocycles. The molecule has 0 spiro atoms. The van der Waals surface area contributed by atoms with E-state index in [-0.39, 0.29) is 0 Å². The van der Waals surface area contributed by atoms with Crippen LogP contribution in [0, 0.1) is 0 Å². The normalized spacial score (nSPS) is 10.6. The summed E-state index contributed by atoms with van der Waals surface area (Å²) in [4.78, 5) is 4.40. The molecule has 0 aliphatic heterocycles. The van der Waals surface area contributed by atoms with Crippen LogP contribution >= 0.6 is 23.1 Å².